The molecule has 0 aliphatic heterocycles. The summed E-state index contributed by atoms with van der Waals surface area (Å²) in [5.41, 5.74) is 0.826. The number of anilines is 1. The smallest absolute Gasteiger partial charge is 0.253 e. The van der Waals surface area contributed by atoms with E-state index in [1.807, 2.05) is 17.5 Å². The van der Waals surface area contributed by atoms with Gasteiger partial charge >= 0.3 is 0 Å². The van der Waals surface area contributed by atoms with Crippen molar-refractivity contribution in [3.63, 3.8) is 0 Å². The van der Waals surface area contributed by atoms with Crippen LogP contribution in [0.25, 0.3) is 6.08 Å². The van der Waals surface area contributed by atoms with E-state index < -0.39 is 0 Å². The van der Waals surface area contributed by atoms with Crippen LogP contribution in [0.3, 0.4) is 0 Å². The van der Waals surface area contributed by atoms with Crippen molar-refractivity contribution >= 4 is 52.2 Å². The molecular weight excluding hydrogens is 358 g/mol. The van der Waals surface area contributed by atoms with Crippen LogP contribution in [0.5, 0.6) is 0 Å². The summed E-state index contributed by atoms with van der Waals surface area (Å²) in [6, 6.07) is 10.5. The number of para-hydroxylation sites is 1. The lowest BCUT2D eigenvalue weighted by molar-refractivity contribution is -0.115. The van der Waals surface area contributed by atoms with Gasteiger partial charge in [0.1, 0.15) is 0 Å². The number of aliphatic hydroxyl groups excluding tert-OH is 1. The Morgan fingerprint density at radius 3 is 2.72 bits per heavy atom. The van der Waals surface area contributed by atoms with Crippen molar-refractivity contribution in [2.45, 2.75) is 0 Å². The number of aliphatic hydroxyl groups is 1. The molecule has 0 radical (unpaired) electrons. The lowest BCUT2D eigenvalue weighted by Gasteiger charge is -2.12. The second-order valence-corrected chi connectivity index (χ2v) is 6.20. The summed E-state index contributed by atoms with van der Waals surface area (Å²) in [5, 5.41) is 18.7. The average Bonchev–Trinajstić information content (AvgIpc) is 3.12. The third-order valence-electron chi connectivity index (χ3n) is 3.00. The molecule has 1 heterocycles. The van der Waals surface area contributed by atoms with E-state index >= 15 is 0 Å². The Kier molecular flexibility index (Phi) is 7.27. The zero-order valence-electron chi connectivity index (χ0n) is 13.2. The van der Waals surface area contributed by atoms with Crippen LogP contribution in [0, 0.1) is 0 Å². The highest BCUT2D eigenvalue weighted by Crippen LogP contribution is 2.15. The Morgan fingerprint density at radius 2 is 2.00 bits per heavy atom. The molecule has 130 valence electrons. The van der Waals surface area contributed by atoms with Gasteiger partial charge in [0.15, 0.2) is 5.11 Å². The molecule has 0 saturated heterocycles. The van der Waals surface area contributed by atoms with Gasteiger partial charge in [-0.25, -0.2) is 0 Å². The summed E-state index contributed by atoms with van der Waals surface area (Å²) < 4.78 is 0. The lowest BCUT2D eigenvalue weighted by atomic mass is 10.1. The van der Waals surface area contributed by atoms with Gasteiger partial charge in [-0.3, -0.25) is 14.9 Å². The molecule has 6 nitrogen and oxygen atoms in total. The Hall–Kier alpha value is -2.55. The highest BCUT2D eigenvalue weighted by molar-refractivity contribution is 7.80. The summed E-state index contributed by atoms with van der Waals surface area (Å²) >= 11 is 6.63. The molecule has 0 bridgehead atoms. The molecule has 8 heteroatoms. The van der Waals surface area contributed by atoms with Gasteiger partial charge in [0.2, 0.25) is 5.91 Å². The molecule has 2 rings (SSSR count). The number of carbonyl (C=O) groups is 2. The Balaban J connectivity index is 1.96. The quantitative estimate of drug-likeness (QED) is 0.458. The molecule has 2 aromatic rings. The van der Waals surface area contributed by atoms with Crippen molar-refractivity contribution in [3.05, 3.63) is 58.3 Å². The average molecular weight is 375 g/mol. The molecule has 0 aliphatic carbocycles. The van der Waals surface area contributed by atoms with Crippen molar-refractivity contribution in [1.82, 2.24) is 10.6 Å². The number of benzene rings is 1. The topological polar surface area (TPSA) is 90.5 Å². The number of rotatable bonds is 6. The van der Waals surface area contributed by atoms with Crippen LogP contribution in [-0.2, 0) is 4.79 Å². The van der Waals surface area contributed by atoms with Crippen LogP contribution in [-0.4, -0.2) is 35.2 Å². The Labute approximate surface area is 154 Å². The molecule has 0 unspecified atom stereocenters. The summed E-state index contributed by atoms with van der Waals surface area (Å²) in [7, 11) is 0. The first-order valence-electron chi connectivity index (χ1n) is 7.42. The van der Waals surface area contributed by atoms with Gasteiger partial charge in [0, 0.05) is 17.5 Å². The maximum Gasteiger partial charge on any atom is 0.253 e. The molecule has 0 fully saturated rings. The van der Waals surface area contributed by atoms with Crippen LogP contribution in [0.4, 0.5) is 5.69 Å². The van der Waals surface area contributed by atoms with Crippen LogP contribution in [0.1, 0.15) is 15.2 Å². The SMILES string of the molecule is O=C(C=Cc1cccs1)NC(=S)Nc1ccccc1C(=O)NCCO. The largest absolute Gasteiger partial charge is 0.395 e. The molecule has 2 amide bonds. The summed E-state index contributed by atoms with van der Waals surface area (Å²) in [6.45, 7) is 0.00818. The number of thiocarbonyl (C=S) groups is 1. The van der Waals surface area contributed by atoms with Gasteiger partial charge in [-0.1, -0.05) is 18.2 Å². The molecule has 0 saturated carbocycles. The van der Waals surface area contributed by atoms with E-state index in [-0.39, 0.29) is 30.1 Å². The van der Waals surface area contributed by atoms with Crippen LogP contribution >= 0.6 is 23.6 Å². The fourth-order valence-corrected chi connectivity index (χ4v) is 2.73. The van der Waals surface area contributed by atoms with E-state index in [0.29, 0.717) is 11.3 Å². The van der Waals surface area contributed by atoms with Crippen LogP contribution < -0.4 is 16.0 Å². The van der Waals surface area contributed by atoms with E-state index in [4.69, 9.17) is 17.3 Å². The number of carbonyl (C=O) groups excluding carboxylic acids is 2. The molecule has 1 aromatic carbocycles. The summed E-state index contributed by atoms with van der Waals surface area (Å²) in [4.78, 5) is 24.9. The maximum absolute atomic E-state index is 12.1. The van der Waals surface area contributed by atoms with Crippen LogP contribution in [0.2, 0.25) is 0 Å². The first kappa shape index (κ1) is 18.8. The molecule has 1 aromatic heterocycles. The predicted octanol–water partition coefficient (Wildman–Crippen LogP) is 2.00. The summed E-state index contributed by atoms with van der Waals surface area (Å²) in [5.74, 6) is -0.711. The Morgan fingerprint density at radius 1 is 1.20 bits per heavy atom. The van der Waals surface area contributed by atoms with Gasteiger partial charge in [0.25, 0.3) is 5.91 Å². The van der Waals surface area contributed by atoms with Gasteiger partial charge in [-0.05, 0) is 41.9 Å². The maximum atomic E-state index is 12.1. The fourth-order valence-electron chi connectivity index (χ4n) is 1.91. The molecule has 0 atom stereocenters. The van der Waals surface area contributed by atoms with Crippen molar-refractivity contribution in [3.8, 4) is 0 Å². The normalized spacial score (nSPS) is 10.4. The summed E-state index contributed by atoms with van der Waals surface area (Å²) in [6.07, 6.45) is 3.08. The minimum atomic E-state index is -0.367. The molecule has 4 N–H and O–H groups in total. The third-order valence-corrected chi connectivity index (χ3v) is 4.04. The second kappa shape index (κ2) is 9.67. The van der Waals surface area contributed by atoms with E-state index in [1.165, 1.54) is 17.4 Å². The van der Waals surface area contributed by atoms with Gasteiger partial charge < -0.3 is 15.7 Å². The number of nitrogens with one attached hydrogen (secondary N) is 3. The highest BCUT2D eigenvalue weighted by Gasteiger charge is 2.11. The van der Waals surface area contributed by atoms with E-state index in [1.54, 1.807) is 30.3 Å². The van der Waals surface area contributed by atoms with Gasteiger partial charge in [-0.2, -0.15) is 0 Å². The monoisotopic (exact) mass is 375 g/mol. The number of amides is 2. The van der Waals surface area contributed by atoms with E-state index in [9.17, 15) is 9.59 Å². The highest BCUT2D eigenvalue weighted by atomic mass is 32.1. The van der Waals surface area contributed by atoms with Crippen molar-refractivity contribution in [2.24, 2.45) is 0 Å². The minimum absolute atomic E-state index is 0.0863. The Bertz CT molecular complexity index is 773. The second-order valence-electron chi connectivity index (χ2n) is 4.82. The number of thiophene rings is 1. The fraction of sp³-hybridized carbons (Fsp3) is 0.118. The predicted molar refractivity (Wildman–Crippen MR) is 104 cm³/mol. The lowest BCUT2D eigenvalue weighted by Crippen LogP contribution is -2.34. The first-order valence-corrected chi connectivity index (χ1v) is 8.70. The van der Waals surface area contributed by atoms with E-state index in [0.717, 1.165) is 4.88 Å². The minimum Gasteiger partial charge on any atom is -0.395 e. The molecule has 0 aliphatic rings. The van der Waals surface area contributed by atoms with Crippen molar-refractivity contribution in [1.29, 1.82) is 0 Å². The van der Waals surface area contributed by atoms with Crippen LogP contribution in [0.15, 0.2) is 47.9 Å². The van der Waals surface area contributed by atoms with Crippen molar-refractivity contribution < 1.29 is 14.7 Å². The van der Waals surface area contributed by atoms with Gasteiger partial charge in [-0.15, -0.1) is 11.3 Å². The number of hydrogen-bond acceptors (Lipinski definition) is 5. The first-order chi connectivity index (χ1) is 12.1. The van der Waals surface area contributed by atoms with Gasteiger partial charge in [0.05, 0.1) is 17.9 Å². The van der Waals surface area contributed by atoms with E-state index in [2.05, 4.69) is 16.0 Å². The molecule has 25 heavy (non-hydrogen) atoms. The molecule has 0 spiro atoms. The standard InChI is InChI=1S/C17H17N3O3S2/c21-10-9-18-16(23)13-5-1-2-6-14(13)19-17(24)20-15(22)8-7-12-4-3-11-25-12/h1-8,11,21H,9-10H2,(H,18,23)(H2,19,20,22,24). The van der Waals surface area contributed by atoms with Crippen molar-refractivity contribution in [2.75, 3.05) is 18.5 Å². The molecular formula is C17H17N3O3S2. The zero-order valence-corrected chi connectivity index (χ0v) is 14.8. The number of hydrogen-bond donors (Lipinski definition) is 4. The zero-order chi connectivity index (χ0) is 18.1. The third kappa shape index (κ3) is 6.11.